The summed E-state index contributed by atoms with van der Waals surface area (Å²) >= 11 is 0. The SMILES string of the molecule is O=C(NC1CCN(Cc2ccccc2)C1)c1c[nH]c2ccccc12. The molecule has 1 aromatic heterocycles. The maximum Gasteiger partial charge on any atom is 0.253 e. The smallest absolute Gasteiger partial charge is 0.253 e. The third-order valence-corrected chi connectivity index (χ3v) is 4.69. The molecular formula is C20H21N3O. The third kappa shape index (κ3) is 3.05. The number of H-pyrrole nitrogens is 1. The molecular weight excluding hydrogens is 298 g/mol. The number of carbonyl (C=O) groups is 1. The first-order valence-electron chi connectivity index (χ1n) is 8.43. The number of aromatic nitrogens is 1. The second kappa shape index (κ2) is 6.49. The first-order chi connectivity index (χ1) is 11.8. The van der Waals surface area contributed by atoms with Crippen LogP contribution in [-0.4, -0.2) is 34.9 Å². The number of hydrogen-bond acceptors (Lipinski definition) is 2. The Hall–Kier alpha value is -2.59. The number of para-hydroxylation sites is 1. The largest absolute Gasteiger partial charge is 0.360 e. The van der Waals surface area contributed by atoms with E-state index in [1.165, 1.54) is 5.56 Å². The van der Waals surface area contributed by atoms with Gasteiger partial charge in [-0.25, -0.2) is 0 Å². The van der Waals surface area contributed by atoms with E-state index in [1.54, 1.807) is 6.20 Å². The van der Waals surface area contributed by atoms with Gasteiger partial charge >= 0.3 is 0 Å². The van der Waals surface area contributed by atoms with E-state index in [0.717, 1.165) is 42.5 Å². The summed E-state index contributed by atoms with van der Waals surface area (Å²) in [5.74, 6) is 0.0130. The maximum absolute atomic E-state index is 12.6. The summed E-state index contributed by atoms with van der Waals surface area (Å²) in [7, 11) is 0. The van der Waals surface area contributed by atoms with Crippen molar-refractivity contribution in [2.24, 2.45) is 0 Å². The number of carbonyl (C=O) groups excluding carboxylic acids is 1. The Morgan fingerprint density at radius 3 is 2.79 bits per heavy atom. The third-order valence-electron chi connectivity index (χ3n) is 4.69. The molecule has 1 aliphatic heterocycles. The van der Waals surface area contributed by atoms with E-state index >= 15 is 0 Å². The molecule has 1 unspecified atom stereocenters. The average Bonchev–Trinajstić information content (AvgIpc) is 3.22. The number of fused-ring (bicyclic) bond motifs is 1. The number of amides is 1. The van der Waals surface area contributed by atoms with Crippen LogP contribution < -0.4 is 5.32 Å². The van der Waals surface area contributed by atoms with Crippen molar-refractivity contribution in [2.75, 3.05) is 13.1 Å². The zero-order valence-electron chi connectivity index (χ0n) is 13.5. The molecule has 1 aliphatic rings. The van der Waals surface area contributed by atoms with Crippen LogP contribution >= 0.6 is 0 Å². The van der Waals surface area contributed by atoms with E-state index < -0.39 is 0 Å². The van der Waals surface area contributed by atoms with Crippen LogP contribution in [0.15, 0.2) is 60.8 Å². The number of nitrogens with zero attached hydrogens (tertiary/aromatic N) is 1. The highest BCUT2D eigenvalue weighted by molar-refractivity contribution is 6.06. The van der Waals surface area contributed by atoms with Crippen molar-refractivity contribution >= 4 is 16.8 Å². The number of nitrogens with one attached hydrogen (secondary N) is 2. The highest BCUT2D eigenvalue weighted by Crippen LogP contribution is 2.19. The van der Waals surface area contributed by atoms with Gasteiger partial charge in [0.15, 0.2) is 0 Å². The first-order valence-corrected chi connectivity index (χ1v) is 8.43. The van der Waals surface area contributed by atoms with E-state index in [2.05, 4.69) is 39.5 Å². The molecule has 0 saturated carbocycles. The Balaban J connectivity index is 1.38. The van der Waals surface area contributed by atoms with Crippen LogP contribution in [0, 0.1) is 0 Å². The van der Waals surface area contributed by atoms with Crippen LogP contribution in [0.2, 0.25) is 0 Å². The molecule has 2 N–H and O–H groups in total. The summed E-state index contributed by atoms with van der Waals surface area (Å²) in [6.07, 6.45) is 2.80. The summed E-state index contributed by atoms with van der Waals surface area (Å²) in [4.78, 5) is 18.2. The van der Waals surface area contributed by atoms with Crippen molar-refractivity contribution in [3.8, 4) is 0 Å². The fourth-order valence-corrected chi connectivity index (χ4v) is 3.46. The number of hydrogen-bond donors (Lipinski definition) is 2. The standard InChI is InChI=1S/C20H21N3O/c24-20(18-12-21-19-9-5-4-8-17(18)19)22-16-10-11-23(14-16)13-15-6-2-1-3-7-15/h1-9,12,16,21H,10-11,13-14H2,(H,22,24). The Kier molecular flexibility index (Phi) is 4.05. The van der Waals surface area contributed by atoms with Gasteiger partial charge in [-0.15, -0.1) is 0 Å². The lowest BCUT2D eigenvalue weighted by Crippen LogP contribution is -2.36. The summed E-state index contributed by atoms with van der Waals surface area (Å²) < 4.78 is 0. The number of aromatic amines is 1. The normalized spacial score (nSPS) is 18.1. The molecule has 0 bridgehead atoms. The van der Waals surface area contributed by atoms with Crippen molar-refractivity contribution in [3.63, 3.8) is 0 Å². The highest BCUT2D eigenvalue weighted by atomic mass is 16.1. The molecule has 4 heteroatoms. The molecule has 0 spiro atoms. The molecule has 122 valence electrons. The van der Waals surface area contributed by atoms with Crippen molar-refractivity contribution in [3.05, 3.63) is 71.9 Å². The van der Waals surface area contributed by atoms with Gasteiger partial charge in [0.2, 0.25) is 0 Å². The van der Waals surface area contributed by atoms with Gasteiger partial charge in [-0.3, -0.25) is 9.69 Å². The predicted octanol–water partition coefficient (Wildman–Crippen LogP) is 3.17. The fourth-order valence-electron chi connectivity index (χ4n) is 3.46. The van der Waals surface area contributed by atoms with Gasteiger partial charge in [0.05, 0.1) is 5.56 Å². The van der Waals surface area contributed by atoms with E-state index in [1.807, 2.05) is 30.3 Å². The van der Waals surface area contributed by atoms with Crippen LogP contribution in [0.1, 0.15) is 22.3 Å². The zero-order chi connectivity index (χ0) is 16.4. The fraction of sp³-hybridized carbons (Fsp3) is 0.250. The van der Waals surface area contributed by atoms with E-state index in [-0.39, 0.29) is 11.9 Å². The Labute approximate surface area is 141 Å². The number of likely N-dealkylation sites (tertiary alicyclic amines) is 1. The van der Waals surface area contributed by atoms with Crippen molar-refractivity contribution < 1.29 is 4.79 Å². The molecule has 2 heterocycles. The first kappa shape index (κ1) is 15.0. The predicted molar refractivity (Wildman–Crippen MR) is 95.9 cm³/mol. The molecule has 0 aliphatic carbocycles. The monoisotopic (exact) mass is 319 g/mol. The second-order valence-corrected chi connectivity index (χ2v) is 6.43. The molecule has 1 saturated heterocycles. The summed E-state index contributed by atoms with van der Waals surface area (Å²) in [5, 5.41) is 4.17. The van der Waals surface area contributed by atoms with Crippen LogP contribution in [-0.2, 0) is 6.54 Å². The molecule has 24 heavy (non-hydrogen) atoms. The molecule has 1 amide bonds. The van der Waals surface area contributed by atoms with Gasteiger partial charge in [0, 0.05) is 42.8 Å². The van der Waals surface area contributed by atoms with Gasteiger partial charge in [-0.05, 0) is 18.1 Å². The molecule has 4 rings (SSSR count). The molecule has 1 fully saturated rings. The van der Waals surface area contributed by atoms with Crippen LogP contribution in [0.5, 0.6) is 0 Å². The Bertz CT molecular complexity index is 840. The summed E-state index contributed by atoms with van der Waals surface area (Å²) in [6.45, 7) is 2.87. The van der Waals surface area contributed by atoms with E-state index in [0.29, 0.717) is 0 Å². The van der Waals surface area contributed by atoms with Crippen molar-refractivity contribution in [2.45, 2.75) is 19.0 Å². The van der Waals surface area contributed by atoms with Crippen LogP contribution in [0.25, 0.3) is 10.9 Å². The van der Waals surface area contributed by atoms with Crippen molar-refractivity contribution in [1.29, 1.82) is 0 Å². The van der Waals surface area contributed by atoms with Gasteiger partial charge < -0.3 is 10.3 Å². The topological polar surface area (TPSA) is 48.1 Å². The highest BCUT2D eigenvalue weighted by Gasteiger charge is 2.24. The molecule has 0 radical (unpaired) electrons. The van der Waals surface area contributed by atoms with E-state index in [4.69, 9.17) is 0 Å². The summed E-state index contributed by atoms with van der Waals surface area (Å²) in [6, 6.07) is 18.6. The lowest BCUT2D eigenvalue weighted by molar-refractivity contribution is 0.0939. The lowest BCUT2D eigenvalue weighted by atomic mass is 10.1. The summed E-state index contributed by atoms with van der Waals surface area (Å²) in [5.41, 5.74) is 3.05. The van der Waals surface area contributed by atoms with Crippen molar-refractivity contribution in [1.82, 2.24) is 15.2 Å². The molecule has 3 aromatic rings. The number of rotatable bonds is 4. The van der Waals surface area contributed by atoms with Crippen LogP contribution in [0.3, 0.4) is 0 Å². The quantitative estimate of drug-likeness (QED) is 0.776. The average molecular weight is 319 g/mol. The zero-order valence-corrected chi connectivity index (χ0v) is 13.5. The minimum Gasteiger partial charge on any atom is -0.360 e. The molecule has 2 aromatic carbocycles. The van der Waals surface area contributed by atoms with Crippen LogP contribution in [0.4, 0.5) is 0 Å². The Morgan fingerprint density at radius 1 is 1.12 bits per heavy atom. The second-order valence-electron chi connectivity index (χ2n) is 6.43. The van der Waals surface area contributed by atoms with Gasteiger partial charge in [0.25, 0.3) is 5.91 Å². The van der Waals surface area contributed by atoms with Gasteiger partial charge in [-0.1, -0.05) is 48.5 Å². The molecule has 4 nitrogen and oxygen atoms in total. The lowest BCUT2D eigenvalue weighted by Gasteiger charge is -2.16. The maximum atomic E-state index is 12.6. The number of benzene rings is 2. The van der Waals surface area contributed by atoms with Gasteiger partial charge in [-0.2, -0.15) is 0 Å². The minimum absolute atomic E-state index is 0.0130. The molecule has 1 atom stereocenters. The Morgan fingerprint density at radius 2 is 1.92 bits per heavy atom. The van der Waals surface area contributed by atoms with E-state index in [9.17, 15) is 4.79 Å². The minimum atomic E-state index is 0.0130. The van der Waals surface area contributed by atoms with Gasteiger partial charge in [0.1, 0.15) is 0 Å².